The Labute approximate surface area is 116 Å². The van der Waals surface area contributed by atoms with Crippen LogP contribution in [0.3, 0.4) is 0 Å². The van der Waals surface area contributed by atoms with E-state index in [1.165, 1.54) is 24.0 Å². The minimum absolute atomic E-state index is 0.708. The molecule has 1 unspecified atom stereocenters. The summed E-state index contributed by atoms with van der Waals surface area (Å²) in [6, 6.07) is 8.84. The molecular weight excluding hydrogens is 236 g/mol. The Hall–Kier alpha value is -0.900. The van der Waals surface area contributed by atoms with Crippen LogP contribution >= 0.6 is 0 Å². The molecule has 3 heteroatoms. The summed E-state index contributed by atoms with van der Waals surface area (Å²) in [5.41, 5.74) is 2.75. The lowest BCUT2D eigenvalue weighted by molar-refractivity contribution is 0.0411. The minimum Gasteiger partial charge on any atom is -0.381 e. The van der Waals surface area contributed by atoms with Crippen LogP contribution in [0.2, 0.25) is 0 Å². The Kier molecular flexibility index (Phi) is 5.83. The van der Waals surface area contributed by atoms with Gasteiger partial charge in [-0.05, 0) is 44.0 Å². The van der Waals surface area contributed by atoms with Crippen molar-refractivity contribution in [2.24, 2.45) is 5.92 Å². The fourth-order valence-electron chi connectivity index (χ4n) is 2.81. The van der Waals surface area contributed by atoms with Gasteiger partial charge in [-0.2, -0.15) is 0 Å². The van der Waals surface area contributed by atoms with E-state index in [1.807, 2.05) is 7.05 Å². The summed E-state index contributed by atoms with van der Waals surface area (Å²) >= 11 is 0. The van der Waals surface area contributed by atoms with Crippen LogP contribution in [-0.4, -0.2) is 38.8 Å². The second-order valence-corrected chi connectivity index (χ2v) is 5.63. The molecule has 0 saturated carbocycles. The van der Waals surface area contributed by atoms with Crippen LogP contribution in [0.15, 0.2) is 24.3 Å². The first-order valence-corrected chi connectivity index (χ1v) is 7.26. The van der Waals surface area contributed by atoms with Gasteiger partial charge in [-0.1, -0.05) is 24.3 Å². The zero-order valence-corrected chi connectivity index (χ0v) is 12.2. The van der Waals surface area contributed by atoms with E-state index in [2.05, 4.69) is 41.5 Å². The lowest BCUT2D eigenvalue weighted by Crippen LogP contribution is -2.30. The smallest absolute Gasteiger partial charge is 0.0506 e. The van der Waals surface area contributed by atoms with Crippen LogP contribution in [0.4, 0.5) is 0 Å². The van der Waals surface area contributed by atoms with Gasteiger partial charge < -0.3 is 15.0 Å². The van der Waals surface area contributed by atoms with Gasteiger partial charge in [-0.15, -0.1) is 0 Å². The first kappa shape index (κ1) is 14.5. The standard InChI is InChI=1S/C16H26N2O/c1-17-10-14-5-3-6-15(9-14)11-18(2)12-16-7-4-8-19-13-16/h3,5-6,9,16-17H,4,7-8,10-13H2,1-2H3. The van der Waals surface area contributed by atoms with Gasteiger partial charge in [-0.3, -0.25) is 0 Å². The predicted molar refractivity (Wildman–Crippen MR) is 79.1 cm³/mol. The number of nitrogens with one attached hydrogen (secondary N) is 1. The zero-order valence-electron chi connectivity index (χ0n) is 12.2. The van der Waals surface area contributed by atoms with Crippen molar-refractivity contribution in [3.8, 4) is 0 Å². The van der Waals surface area contributed by atoms with Crippen molar-refractivity contribution >= 4 is 0 Å². The van der Waals surface area contributed by atoms with Crippen LogP contribution in [0, 0.1) is 5.92 Å². The van der Waals surface area contributed by atoms with Crippen molar-refractivity contribution in [3.63, 3.8) is 0 Å². The number of hydrogen-bond acceptors (Lipinski definition) is 3. The monoisotopic (exact) mass is 262 g/mol. The van der Waals surface area contributed by atoms with Gasteiger partial charge in [0.15, 0.2) is 0 Å². The van der Waals surface area contributed by atoms with Crippen LogP contribution in [-0.2, 0) is 17.8 Å². The van der Waals surface area contributed by atoms with Crippen molar-refractivity contribution in [3.05, 3.63) is 35.4 Å². The topological polar surface area (TPSA) is 24.5 Å². The molecule has 1 aromatic carbocycles. The number of benzene rings is 1. The molecule has 0 bridgehead atoms. The second kappa shape index (κ2) is 7.63. The largest absolute Gasteiger partial charge is 0.381 e. The Morgan fingerprint density at radius 1 is 1.37 bits per heavy atom. The molecule has 19 heavy (non-hydrogen) atoms. The molecule has 0 aromatic heterocycles. The third-order valence-corrected chi connectivity index (χ3v) is 3.65. The average molecular weight is 262 g/mol. The fourth-order valence-corrected chi connectivity index (χ4v) is 2.81. The van der Waals surface area contributed by atoms with Crippen molar-refractivity contribution in [1.29, 1.82) is 0 Å². The minimum atomic E-state index is 0.708. The first-order valence-electron chi connectivity index (χ1n) is 7.26. The van der Waals surface area contributed by atoms with E-state index in [9.17, 15) is 0 Å². The fraction of sp³-hybridized carbons (Fsp3) is 0.625. The van der Waals surface area contributed by atoms with Gasteiger partial charge in [0.25, 0.3) is 0 Å². The number of hydrogen-bond donors (Lipinski definition) is 1. The number of ether oxygens (including phenoxy) is 1. The average Bonchev–Trinajstić information content (AvgIpc) is 2.40. The van der Waals surface area contributed by atoms with Crippen molar-refractivity contribution in [2.75, 3.05) is 33.9 Å². The highest BCUT2D eigenvalue weighted by atomic mass is 16.5. The summed E-state index contributed by atoms with van der Waals surface area (Å²) in [7, 11) is 4.20. The second-order valence-electron chi connectivity index (χ2n) is 5.63. The third kappa shape index (κ3) is 4.94. The summed E-state index contributed by atoms with van der Waals surface area (Å²) in [4.78, 5) is 2.41. The molecule has 1 aliphatic rings. The highest BCUT2D eigenvalue weighted by molar-refractivity contribution is 5.23. The predicted octanol–water partition coefficient (Wildman–Crippen LogP) is 2.26. The molecule has 1 N–H and O–H groups in total. The normalized spacial score (nSPS) is 19.8. The number of rotatable bonds is 6. The van der Waals surface area contributed by atoms with E-state index in [4.69, 9.17) is 4.74 Å². The molecule has 0 spiro atoms. The lowest BCUT2D eigenvalue weighted by atomic mass is 10.0. The van der Waals surface area contributed by atoms with Gasteiger partial charge in [0, 0.05) is 26.2 Å². The molecule has 2 rings (SSSR count). The molecule has 0 aliphatic carbocycles. The SMILES string of the molecule is CNCc1cccc(CN(C)CC2CCCOC2)c1. The van der Waals surface area contributed by atoms with Gasteiger partial charge in [0.2, 0.25) is 0 Å². The molecule has 1 fully saturated rings. The van der Waals surface area contributed by atoms with Crippen LogP contribution in [0.25, 0.3) is 0 Å². The summed E-state index contributed by atoms with van der Waals surface area (Å²) in [6.45, 7) is 4.98. The molecule has 1 heterocycles. The van der Waals surface area contributed by atoms with Gasteiger partial charge in [-0.25, -0.2) is 0 Å². The maximum Gasteiger partial charge on any atom is 0.0506 e. The molecule has 0 amide bonds. The van der Waals surface area contributed by atoms with Crippen LogP contribution in [0.1, 0.15) is 24.0 Å². The molecule has 3 nitrogen and oxygen atoms in total. The summed E-state index contributed by atoms with van der Waals surface area (Å²) in [5, 5.41) is 3.20. The zero-order chi connectivity index (χ0) is 13.5. The highest BCUT2D eigenvalue weighted by Gasteiger charge is 2.15. The van der Waals surface area contributed by atoms with Crippen LogP contribution < -0.4 is 5.32 Å². The third-order valence-electron chi connectivity index (χ3n) is 3.65. The highest BCUT2D eigenvalue weighted by Crippen LogP contribution is 2.16. The summed E-state index contributed by atoms with van der Waals surface area (Å²) < 4.78 is 5.55. The molecule has 1 aromatic rings. The van der Waals surface area contributed by atoms with E-state index in [1.54, 1.807) is 0 Å². The Morgan fingerprint density at radius 3 is 2.95 bits per heavy atom. The molecule has 1 saturated heterocycles. The Morgan fingerprint density at radius 2 is 2.21 bits per heavy atom. The van der Waals surface area contributed by atoms with Gasteiger partial charge in [0.1, 0.15) is 0 Å². The van der Waals surface area contributed by atoms with Crippen molar-refractivity contribution < 1.29 is 4.74 Å². The molecule has 0 radical (unpaired) electrons. The maximum absolute atomic E-state index is 5.55. The van der Waals surface area contributed by atoms with Crippen molar-refractivity contribution in [2.45, 2.75) is 25.9 Å². The molecule has 1 aliphatic heterocycles. The van der Waals surface area contributed by atoms with E-state index >= 15 is 0 Å². The van der Waals surface area contributed by atoms with E-state index in [-0.39, 0.29) is 0 Å². The molecular formula is C16H26N2O. The van der Waals surface area contributed by atoms with Gasteiger partial charge in [0.05, 0.1) is 6.61 Å². The maximum atomic E-state index is 5.55. The van der Waals surface area contributed by atoms with E-state index in [0.29, 0.717) is 5.92 Å². The Balaban J connectivity index is 1.83. The lowest BCUT2D eigenvalue weighted by Gasteiger charge is -2.27. The Bertz CT molecular complexity index is 375. The van der Waals surface area contributed by atoms with Crippen LogP contribution in [0.5, 0.6) is 0 Å². The van der Waals surface area contributed by atoms with E-state index < -0.39 is 0 Å². The summed E-state index contributed by atoms with van der Waals surface area (Å²) in [6.07, 6.45) is 2.53. The molecule has 106 valence electrons. The quantitative estimate of drug-likeness (QED) is 0.851. The first-order chi connectivity index (χ1) is 9.28. The van der Waals surface area contributed by atoms with E-state index in [0.717, 1.165) is 32.8 Å². The van der Waals surface area contributed by atoms with Gasteiger partial charge >= 0.3 is 0 Å². The molecule has 1 atom stereocenters. The number of nitrogens with zero attached hydrogens (tertiary/aromatic N) is 1. The summed E-state index contributed by atoms with van der Waals surface area (Å²) in [5.74, 6) is 0.708. The van der Waals surface area contributed by atoms with Crippen molar-refractivity contribution in [1.82, 2.24) is 10.2 Å².